The molecule has 1 heterocycles. The first-order valence-corrected chi connectivity index (χ1v) is 7.29. The van der Waals surface area contributed by atoms with Gasteiger partial charge in [0.15, 0.2) is 0 Å². The van der Waals surface area contributed by atoms with Crippen LogP contribution in [-0.2, 0) is 0 Å². The van der Waals surface area contributed by atoms with E-state index in [-0.39, 0.29) is 15.5 Å². The lowest BCUT2D eigenvalue weighted by Gasteiger charge is -2.46. The molecular weight excluding hydrogens is 360 g/mol. The molecule has 2 aliphatic rings. The van der Waals surface area contributed by atoms with Crippen molar-refractivity contribution in [1.29, 1.82) is 0 Å². The minimum atomic E-state index is -5.66. The average molecular weight is 370 g/mol. The zero-order valence-electron chi connectivity index (χ0n) is 11.8. The van der Waals surface area contributed by atoms with Gasteiger partial charge < -0.3 is 4.90 Å². The van der Waals surface area contributed by atoms with Crippen LogP contribution in [0.3, 0.4) is 0 Å². The maximum Gasteiger partial charge on any atom is 0.421 e. The molecule has 0 aromatic heterocycles. The summed E-state index contributed by atoms with van der Waals surface area (Å²) in [6.45, 7) is 0. The zero-order valence-corrected chi connectivity index (χ0v) is 12.6. The van der Waals surface area contributed by atoms with E-state index >= 15 is 0 Å². The maximum atomic E-state index is 13.6. The SMILES string of the molecule is O=C(c1ccc(Cl)cc1)N1[C@H]2C=C[C@@H](C2)C1(C(F)(F)F)C(F)(F)F. The first-order chi connectivity index (χ1) is 11.0. The fourth-order valence-electron chi connectivity index (χ4n) is 3.52. The number of rotatable bonds is 1. The number of halogens is 7. The van der Waals surface area contributed by atoms with Gasteiger partial charge in [-0.25, -0.2) is 0 Å². The second kappa shape index (κ2) is 5.15. The number of hydrogen-bond donors (Lipinski definition) is 0. The lowest BCUT2D eigenvalue weighted by atomic mass is 9.83. The molecule has 1 saturated heterocycles. The molecule has 0 N–H and O–H groups in total. The van der Waals surface area contributed by atoms with E-state index < -0.39 is 42.2 Å². The molecule has 1 fully saturated rings. The fourth-order valence-corrected chi connectivity index (χ4v) is 3.64. The Morgan fingerprint density at radius 3 is 2.08 bits per heavy atom. The van der Waals surface area contributed by atoms with Crippen molar-refractivity contribution in [3.8, 4) is 0 Å². The van der Waals surface area contributed by atoms with Crippen LogP contribution >= 0.6 is 11.6 Å². The van der Waals surface area contributed by atoms with Gasteiger partial charge in [0.25, 0.3) is 5.91 Å². The third kappa shape index (κ3) is 2.15. The number of amides is 1. The van der Waals surface area contributed by atoms with Crippen molar-refractivity contribution in [2.24, 2.45) is 5.92 Å². The first-order valence-electron chi connectivity index (χ1n) is 6.91. The van der Waals surface area contributed by atoms with Gasteiger partial charge in [0.1, 0.15) is 0 Å². The summed E-state index contributed by atoms with van der Waals surface area (Å²) < 4.78 is 81.5. The molecule has 2 bridgehead atoms. The van der Waals surface area contributed by atoms with Crippen LogP contribution in [0.5, 0.6) is 0 Å². The van der Waals surface area contributed by atoms with Crippen molar-refractivity contribution in [3.05, 3.63) is 47.0 Å². The minimum Gasteiger partial charge on any atom is -0.309 e. The van der Waals surface area contributed by atoms with Gasteiger partial charge in [-0.3, -0.25) is 4.79 Å². The highest BCUT2D eigenvalue weighted by molar-refractivity contribution is 6.30. The average Bonchev–Trinajstić information content (AvgIpc) is 3.04. The number of alkyl halides is 6. The van der Waals surface area contributed by atoms with Gasteiger partial charge >= 0.3 is 12.4 Å². The summed E-state index contributed by atoms with van der Waals surface area (Å²) >= 11 is 5.64. The maximum absolute atomic E-state index is 13.6. The molecule has 1 aliphatic carbocycles. The summed E-state index contributed by atoms with van der Waals surface area (Å²) in [4.78, 5) is 12.4. The van der Waals surface area contributed by atoms with Crippen LogP contribution in [0.1, 0.15) is 16.8 Å². The van der Waals surface area contributed by atoms with Crippen molar-refractivity contribution in [3.63, 3.8) is 0 Å². The van der Waals surface area contributed by atoms with Crippen LogP contribution in [0.4, 0.5) is 26.3 Å². The van der Waals surface area contributed by atoms with Gasteiger partial charge in [-0.2, -0.15) is 26.3 Å². The largest absolute Gasteiger partial charge is 0.421 e. The summed E-state index contributed by atoms with van der Waals surface area (Å²) in [6.07, 6.45) is -9.60. The van der Waals surface area contributed by atoms with Gasteiger partial charge in [-0.15, -0.1) is 0 Å². The quantitative estimate of drug-likeness (QED) is 0.523. The topological polar surface area (TPSA) is 20.3 Å². The highest BCUT2D eigenvalue weighted by Gasteiger charge is 2.81. The standard InChI is InChI=1S/C15H10ClF6NO/c16-10-4-1-8(2-5-10)12(24)23-11-6-3-9(7-11)13(23,14(17,18)19)15(20,21)22/h1-6,9,11H,7H2/t9-,11-/m0/s1. The van der Waals surface area contributed by atoms with Crippen LogP contribution in [0.15, 0.2) is 36.4 Å². The number of carbonyl (C=O) groups excluding carboxylic acids is 1. The molecule has 1 amide bonds. The Morgan fingerprint density at radius 2 is 1.58 bits per heavy atom. The molecular formula is C15H10ClF6NO. The molecule has 24 heavy (non-hydrogen) atoms. The highest BCUT2D eigenvalue weighted by atomic mass is 35.5. The molecule has 0 unspecified atom stereocenters. The molecule has 0 radical (unpaired) electrons. The Labute approximate surface area is 137 Å². The predicted molar refractivity (Wildman–Crippen MR) is 73.5 cm³/mol. The number of fused-ring (bicyclic) bond motifs is 2. The van der Waals surface area contributed by atoms with E-state index in [1.807, 2.05) is 0 Å². The molecule has 1 aromatic carbocycles. The molecule has 0 spiro atoms. The second-order valence-electron chi connectivity index (χ2n) is 5.74. The van der Waals surface area contributed by atoms with Crippen molar-refractivity contribution < 1.29 is 31.1 Å². The van der Waals surface area contributed by atoms with Crippen molar-refractivity contribution in [1.82, 2.24) is 4.90 Å². The van der Waals surface area contributed by atoms with Crippen LogP contribution in [0, 0.1) is 5.92 Å². The Hall–Kier alpha value is -1.70. The fraction of sp³-hybridized carbons (Fsp3) is 0.400. The van der Waals surface area contributed by atoms with Crippen molar-refractivity contribution in [2.75, 3.05) is 0 Å². The minimum absolute atomic E-state index is 0.0685. The number of carbonyl (C=O) groups is 1. The molecule has 2 atom stereocenters. The van der Waals surface area contributed by atoms with Crippen LogP contribution < -0.4 is 0 Å². The van der Waals surface area contributed by atoms with Gasteiger partial charge in [0.05, 0.1) is 6.04 Å². The second-order valence-corrected chi connectivity index (χ2v) is 6.17. The van der Waals surface area contributed by atoms with Crippen LogP contribution in [0.2, 0.25) is 5.02 Å². The smallest absolute Gasteiger partial charge is 0.309 e. The molecule has 9 heteroatoms. The third-order valence-corrected chi connectivity index (χ3v) is 4.74. The van der Waals surface area contributed by atoms with Crippen molar-refractivity contribution in [2.45, 2.75) is 30.4 Å². The summed E-state index contributed by atoms with van der Waals surface area (Å²) in [5.41, 5.74) is -4.49. The number of benzene rings is 1. The molecule has 1 aromatic rings. The summed E-state index contributed by atoms with van der Waals surface area (Å²) in [7, 11) is 0. The molecule has 3 rings (SSSR count). The normalized spacial score (nSPS) is 25.4. The number of hydrogen-bond acceptors (Lipinski definition) is 1. The zero-order chi connectivity index (χ0) is 17.9. The number of nitrogens with zero attached hydrogens (tertiary/aromatic N) is 1. The monoisotopic (exact) mass is 369 g/mol. The molecule has 0 saturated carbocycles. The van der Waals surface area contributed by atoms with Crippen molar-refractivity contribution >= 4 is 17.5 Å². The molecule has 2 nitrogen and oxygen atoms in total. The first kappa shape index (κ1) is 17.1. The van der Waals surface area contributed by atoms with Gasteiger partial charge in [0.2, 0.25) is 5.54 Å². The number of likely N-dealkylation sites (tertiary alicyclic amines) is 1. The van der Waals surface area contributed by atoms with Gasteiger partial charge in [0, 0.05) is 16.5 Å². The third-order valence-electron chi connectivity index (χ3n) is 4.48. The summed E-state index contributed by atoms with van der Waals surface area (Å²) in [5.74, 6) is -3.17. The van der Waals surface area contributed by atoms with E-state index in [1.165, 1.54) is 18.2 Å². The van der Waals surface area contributed by atoms with Gasteiger partial charge in [-0.1, -0.05) is 23.8 Å². The Morgan fingerprint density at radius 1 is 1.04 bits per heavy atom. The molecule has 130 valence electrons. The Balaban J connectivity index is 2.15. The summed E-state index contributed by atoms with van der Waals surface area (Å²) in [5, 5.41) is 0.215. The van der Waals surface area contributed by atoms with E-state index in [0.717, 1.165) is 18.2 Å². The van der Waals surface area contributed by atoms with E-state index in [9.17, 15) is 31.1 Å². The lowest BCUT2D eigenvalue weighted by molar-refractivity contribution is -0.336. The van der Waals surface area contributed by atoms with E-state index in [2.05, 4.69) is 0 Å². The predicted octanol–water partition coefficient (Wildman–Crippen LogP) is 4.60. The van der Waals surface area contributed by atoms with E-state index in [4.69, 9.17) is 11.6 Å². The lowest BCUT2D eigenvalue weighted by Crippen LogP contribution is -2.70. The Bertz CT molecular complexity index is 679. The van der Waals surface area contributed by atoms with Crippen LogP contribution in [0.25, 0.3) is 0 Å². The van der Waals surface area contributed by atoms with E-state index in [1.54, 1.807) is 0 Å². The summed E-state index contributed by atoms with van der Waals surface area (Å²) in [6, 6.07) is 3.45. The molecule has 1 aliphatic heterocycles. The Kier molecular flexibility index (Phi) is 3.67. The van der Waals surface area contributed by atoms with Gasteiger partial charge in [-0.05, 0) is 30.7 Å². The van der Waals surface area contributed by atoms with Crippen LogP contribution in [-0.4, -0.2) is 34.7 Å². The van der Waals surface area contributed by atoms with E-state index in [0.29, 0.717) is 0 Å². The highest BCUT2D eigenvalue weighted by Crippen LogP contribution is 2.60.